The van der Waals surface area contributed by atoms with Crippen LogP contribution in [-0.4, -0.2) is 12.1 Å². The topological polar surface area (TPSA) is 55.3 Å². The zero-order chi connectivity index (χ0) is 10.2. The van der Waals surface area contributed by atoms with Crippen LogP contribution >= 0.6 is 0 Å². The summed E-state index contributed by atoms with van der Waals surface area (Å²) in [5.41, 5.74) is 8.00. The molecular formula is C12H28N2S. The largest absolute Gasteiger partial charge is 2.00 e. The van der Waals surface area contributed by atoms with Gasteiger partial charge in [0.05, 0.1) is 12.1 Å². The maximum Gasteiger partial charge on any atom is 0.0843 e. The van der Waals surface area contributed by atoms with Crippen LogP contribution < -0.4 is 11.5 Å². The molecule has 0 aromatic heterocycles. The Kier molecular flexibility index (Phi) is 9.66. The van der Waals surface area contributed by atoms with Crippen LogP contribution in [0.3, 0.4) is 0 Å². The van der Waals surface area contributed by atoms with E-state index in [1.807, 2.05) is 0 Å². The normalized spacial score (nSPS) is 23.6. The van der Waals surface area contributed by atoms with Crippen LogP contribution in [0.25, 0.3) is 0 Å². The molecule has 0 unspecified atom stereocenters. The van der Waals surface area contributed by atoms with E-state index in [2.05, 4.69) is 11.5 Å². The minimum atomic E-state index is 0. The number of hydrogen-bond acceptors (Lipinski definition) is 0. The van der Waals surface area contributed by atoms with Crippen LogP contribution in [0.5, 0.6) is 0 Å². The Bertz CT molecular complexity index is 114. The molecule has 3 heteroatoms. The van der Waals surface area contributed by atoms with Crippen molar-refractivity contribution < 1.29 is 11.5 Å². The molecule has 0 saturated heterocycles. The van der Waals surface area contributed by atoms with Gasteiger partial charge in [0.2, 0.25) is 0 Å². The molecule has 2 nitrogen and oxygen atoms in total. The fourth-order valence-electron chi connectivity index (χ4n) is 2.37. The summed E-state index contributed by atoms with van der Waals surface area (Å²) in [6.45, 7) is 0. The predicted molar refractivity (Wildman–Crippen MR) is 66.9 cm³/mol. The molecule has 0 aliphatic heterocycles. The van der Waals surface area contributed by atoms with Crippen molar-refractivity contribution in [3.8, 4) is 0 Å². The molecule has 6 N–H and O–H groups in total. The molecular weight excluding hydrogens is 204 g/mol. The van der Waals surface area contributed by atoms with Crippen LogP contribution in [-0.2, 0) is 13.5 Å². The van der Waals surface area contributed by atoms with Crippen molar-refractivity contribution in [1.29, 1.82) is 0 Å². The summed E-state index contributed by atoms with van der Waals surface area (Å²) < 4.78 is 0. The van der Waals surface area contributed by atoms with Crippen LogP contribution in [0.4, 0.5) is 0 Å². The highest BCUT2D eigenvalue weighted by Gasteiger charge is 2.10. The summed E-state index contributed by atoms with van der Waals surface area (Å²) >= 11 is 0. The Morgan fingerprint density at radius 1 is 0.533 bits per heavy atom. The van der Waals surface area contributed by atoms with Gasteiger partial charge in [-0.3, -0.25) is 0 Å². The molecule has 0 heterocycles. The van der Waals surface area contributed by atoms with Crippen molar-refractivity contribution >= 4 is 13.5 Å². The van der Waals surface area contributed by atoms with Gasteiger partial charge in [-0.25, -0.2) is 0 Å². The summed E-state index contributed by atoms with van der Waals surface area (Å²) in [6, 6.07) is 1.57. The van der Waals surface area contributed by atoms with Gasteiger partial charge < -0.3 is 25.0 Å². The van der Waals surface area contributed by atoms with Crippen LogP contribution in [0, 0.1) is 0 Å². The highest BCUT2D eigenvalue weighted by molar-refractivity contribution is 7.37. The summed E-state index contributed by atoms with van der Waals surface area (Å²) in [6.07, 6.45) is 14.1. The van der Waals surface area contributed by atoms with Crippen molar-refractivity contribution in [3.63, 3.8) is 0 Å². The number of rotatable bonds is 0. The lowest BCUT2D eigenvalue weighted by Crippen LogP contribution is -2.61. The standard InChI is InChI=1S/2C6H13N.S/c2*7-6-4-2-1-3-5-6;/h2*6H,1-5,7H2;/q;;-2/p+2. The van der Waals surface area contributed by atoms with E-state index in [0.717, 1.165) is 12.1 Å². The van der Waals surface area contributed by atoms with Crippen molar-refractivity contribution in [1.82, 2.24) is 0 Å². The highest BCUT2D eigenvalue weighted by Crippen LogP contribution is 2.14. The molecule has 0 aromatic rings. The molecule has 0 bridgehead atoms. The van der Waals surface area contributed by atoms with E-state index in [1.165, 1.54) is 64.2 Å². The molecule has 92 valence electrons. The lowest BCUT2D eigenvalue weighted by molar-refractivity contribution is -0.425. The molecule has 0 amide bonds. The van der Waals surface area contributed by atoms with Gasteiger partial charge in [0.1, 0.15) is 0 Å². The predicted octanol–water partition coefficient (Wildman–Crippen LogP) is 1.12. The zero-order valence-electron chi connectivity index (χ0n) is 10.0. The first kappa shape index (κ1) is 15.3. The van der Waals surface area contributed by atoms with Crippen LogP contribution in [0.1, 0.15) is 64.2 Å². The quantitative estimate of drug-likeness (QED) is 0.629. The Hall–Kier alpha value is 0.270. The van der Waals surface area contributed by atoms with Crippen LogP contribution in [0.2, 0.25) is 0 Å². The maximum absolute atomic E-state index is 4.00. The molecule has 2 aliphatic carbocycles. The summed E-state index contributed by atoms with van der Waals surface area (Å²) in [7, 11) is 0. The lowest BCUT2D eigenvalue weighted by atomic mass is 9.97. The van der Waals surface area contributed by atoms with Crippen molar-refractivity contribution in [3.05, 3.63) is 0 Å². The van der Waals surface area contributed by atoms with E-state index in [-0.39, 0.29) is 13.5 Å². The molecule has 15 heavy (non-hydrogen) atoms. The molecule has 0 aromatic carbocycles. The fraction of sp³-hybridized carbons (Fsp3) is 1.00. The first-order valence-electron chi connectivity index (χ1n) is 6.45. The van der Waals surface area contributed by atoms with E-state index in [9.17, 15) is 0 Å². The van der Waals surface area contributed by atoms with E-state index < -0.39 is 0 Å². The summed E-state index contributed by atoms with van der Waals surface area (Å²) in [4.78, 5) is 0. The summed E-state index contributed by atoms with van der Waals surface area (Å²) in [5.74, 6) is 0. The van der Waals surface area contributed by atoms with Crippen molar-refractivity contribution in [2.45, 2.75) is 76.3 Å². The lowest BCUT2D eigenvalue weighted by Gasteiger charge is -2.12. The first-order chi connectivity index (χ1) is 6.79. The molecule has 2 fully saturated rings. The monoisotopic (exact) mass is 232 g/mol. The fourth-order valence-corrected chi connectivity index (χ4v) is 2.37. The average molecular weight is 232 g/mol. The Morgan fingerprint density at radius 3 is 0.933 bits per heavy atom. The second-order valence-corrected chi connectivity index (χ2v) is 5.01. The second kappa shape index (κ2) is 9.49. The zero-order valence-corrected chi connectivity index (χ0v) is 10.9. The van der Waals surface area contributed by atoms with Crippen LogP contribution in [0.15, 0.2) is 0 Å². The van der Waals surface area contributed by atoms with Crippen molar-refractivity contribution in [2.24, 2.45) is 0 Å². The molecule has 2 aliphatic rings. The second-order valence-electron chi connectivity index (χ2n) is 5.01. The van der Waals surface area contributed by atoms with Gasteiger partial charge in [-0.15, -0.1) is 0 Å². The van der Waals surface area contributed by atoms with Gasteiger partial charge in [0.15, 0.2) is 0 Å². The smallest absolute Gasteiger partial charge is 0.0843 e. The highest BCUT2D eigenvalue weighted by atomic mass is 32.1. The minimum Gasteiger partial charge on any atom is -2.00 e. The van der Waals surface area contributed by atoms with E-state index >= 15 is 0 Å². The molecule has 0 atom stereocenters. The third-order valence-corrected chi connectivity index (χ3v) is 3.45. The Labute approximate surface area is 102 Å². The van der Waals surface area contributed by atoms with Gasteiger partial charge in [-0.05, 0) is 51.4 Å². The van der Waals surface area contributed by atoms with Gasteiger partial charge in [-0.2, -0.15) is 0 Å². The van der Waals surface area contributed by atoms with Crippen molar-refractivity contribution in [2.75, 3.05) is 0 Å². The Balaban J connectivity index is 0.000000245. The molecule has 0 radical (unpaired) electrons. The minimum absolute atomic E-state index is 0. The third kappa shape index (κ3) is 8.12. The van der Waals surface area contributed by atoms with Gasteiger partial charge in [0.25, 0.3) is 0 Å². The number of hydrogen-bond donors (Lipinski definition) is 2. The maximum atomic E-state index is 4.00. The SMILES string of the molecule is [NH3+]C1CCCCC1.[NH3+]C1CCCCC1.[S-2]. The Morgan fingerprint density at radius 2 is 0.800 bits per heavy atom. The average Bonchev–Trinajstić information content (AvgIpc) is 2.21. The number of quaternary nitrogens is 2. The molecule has 2 saturated carbocycles. The molecule has 2 rings (SSSR count). The van der Waals surface area contributed by atoms with Gasteiger partial charge >= 0.3 is 0 Å². The van der Waals surface area contributed by atoms with E-state index in [0.29, 0.717) is 0 Å². The van der Waals surface area contributed by atoms with Gasteiger partial charge in [0, 0.05) is 0 Å². The summed E-state index contributed by atoms with van der Waals surface area (Å²) in [5, 5.41) is 0. The molecule has 0 spiro atoms. The van der Waals surface area contributed by atoms with E-state index in [4.69, 9.17) is 0 Å². The third-order valence-electron chi connectivity index (χ3n) is 3.45. The first-order valence-corrected chi connectivity index (χ1v) is 6.45. The van der Waals surface area contributed by atoms with E-state index in [1.54, 1.807) is 0 Å². The van der Waals surface area contributed by atoms with Gasteiger partial charge in [-0.1, -0.05) is 12.8 Å².